The molecule has 0 N–H and O–H groups in total. The number of fused-ring (bicyclic) bond motifs is 1. The van der Waals surface area contributed by atoms with Crippen LogP contribution in [0.15, 0.2) is 18.2 Å². The summed E-state index contributed by atoms with van der Waals surface area (Å²) in [6.45, 7) is 3.19. The van der Waals surface area contributed by atoms with Gasteiger partial charge in [-0.1, -0.05) is 6.42 Å². The number of aromatic nitrogens is 3. The van der Waals surface area contributed by atoms with Crippen LogP contribution in [0.5, 0.6) is 5.75 Å². The van der Waals surface area contributed by atoms with Gasteiger partial charge in [0.2, 0.25) is 5.91 Å². The van der Waals surface area contributed by atoms with E-state index in [1.165, 1.54) is 13.3 Å². The summed E-state index contributed by atoms with van der Waals surface area (Å²) in [5.74, 6) is 2.63. The molecule has 4 rings (SSSR count). The Kier molecular flexibility index (Phi) is 5.65. The molecule has 1 saturated heterocycles. The molecule has 1 unspecified atom stereocenters. The fraction of sp³-hybridized carbons (Fsp3) is 0.545. The van der Waals surface area contributed by atoms with Gasteiger partial charge in [0, 0.05) is 30.6 Å². The molecule has 2 aliphatic rings. The molecule has 1 aromatic heterocycles. The van der Waals surface area contributed by atoms with Crippen molar-refractivity contribution in [1.29, 1.82) is 0 Å². The van der Waals surface area contributed by atoms with Crippen LogP contribution in [0.2, 0.25) is 0 Å². The van der Waals surface area contributed by atoms with E-state index in [1.807, 2.05) is 4.90 Å². The van der Waals surface area contributed by atoms with E-state index in [-0.39, 0.29) is 24.2 Å². The molecule has 1 aromatic carbocycles. The third-order valence-corrected chi connectivity index (χ3v) is 6.04. The number of aryl methyl sites for hydroxylation is 1. The molecular weight excluding hydrogens is 368 g/mol. The van der Waals surface area contributed by atoms with E-state index in [0.717, 1.165) is 62.4 Å². The molecule has 2 aliphatic heterocycles. The summed E-state index contributed by atoms with van der Waals surface area (Å²) >= 11 is 0. The zero-order chi connectivity index (χ0) is 20.4. The molecule has 154 valence electrons. The highest BCUT2D eigenvalue weighted by Gasteiger charge is 2.34. The largest absolute Gasteiger partial charge is 0.496 e. The molecule has 0 spiro atoms. The Balaban J connectivity index is 1.57. The number of amides is 1. The standard InChI is InChI=1S/C22H28N4O3/c1-15(27)16-9-10-19(29-2)17(13-16)14-21(28)25-12-6-7-18(25)22-24-23-20-8-4-3-5-11-26(20)22/h9-10,13,18H,3-8,11-12,14H2,1-2H3. The molecule has 0 bridgehead atoms. The number of hydrogen-bond acceptors (Lipinski definition) is 5. The molecule has 1 atom stereocenters. The maximum absolute atomic E-state index is 13.2. The summed E-state index contributed by atoms with van der Waals surface area (Å²) in [7, 11) is 1.58. The zero-order valence-corrected chi connectivity index (χ0v) is 17.2. The van der Waals surface area contributed by atoms with Gasteiger partial charge in [-0.2, -0.15) is 0 Å². The number of rotatable bonds is 5. The van der Waals surface area contributed by atoms with Crippen molar-refractivity contribution in [2.45, 2.75) is 64.5 Å². The number of hydrogen-bond donors (Lipinski definition) is 0. The number of carbonyl (C=O) groups is 2. The van der Waals surface area contributed by atoms with Gasteiger partial charge >= 0.3 is 0 Å². The molecular formula is C22H28N4O3. The van der Waals surface area contributed by atoms with Crippen molar-refractivity contribution in [3.8, 4) is 5.75 Å². The first kappa shape index (κ1) is 19.6. The van der Waals surface area contributed by atoms with Crippen molar-refractivity contribution >= 4 is 11.7 Å². The second-order valence-electron chi connectivity index (χ2n) is 7.94. The Morgan fingerprint density at radius 1 is 1.14 bits per heavy atom. The lowest BCUT2D eigenvalue weighted by Crippen LogP contribution is -2.33. The Labute approximate surface area is 171 Å². The van der Waals surface area contributed by atoms with Gasteiger partial charge in [-0.05, 0) is 50.8 Å². The minimum atomic E-state index is -0.0242. The highest BCUT2D eigenvalue weighted by molar-refractivity contribution is 5.94. The van der Waals surface area contributed by atoms with Crippen LogP contribution in [-0.4, -0.2) is 45.0 Å². The number of likely N-dealkylation sites (tertiary alicyclic amines) is 1. The van der Waals surface area contributed by atoms with Gasteiger partial charge in [0.05, 0.1) is 19.6 Å². The summed E-state index contributed by atoms with van der Waals surface area (Å²) in [5, 5.41) is 8.90. The SMILES string of the molecule is COc1ccc(C(C)=O)cc1CC(=O)N1CCCC1c1nnc2n1CCCCC2. The maximum atomic E-state index is 13.2. The highest BCUT2D eigenvalue weighted by atomic mass is 16.5. The molecule has 2 aromatic rings. The van der Waals surface area contributed by atoms with Crippen LogP contribution in [-0.2, 0) is 24.2 Å². The van der Waals surface area contributed by atoms with Gasteiger partial charge < -0.3 is 14.2 Å². The number of carbonyl (C=O) groups excluding carboxylic acids is 2. The monoisotopic (exact) mass is 396 g/mol. The summed E-state index contributed by atoms with van der Waals surface area (Å²) < 4.78 is 7.66. The lowest BCUT2D eigenvalue weighted by Gasteiger charge is -2.25. The predicted molar refractivity (Wildman–Crippen MR) is 108 cm³/mol. The number of benzene rings is 1. The number of ether oxygens (including phenoxy) is 1. The smallest absolute Gasteiger partial charge is 0.227 e. The number of Topliss-reactive ketones (excluding diaryl/α,β-unsaturated/α-hetero) is 1. The zero-order valence-electron chi connectivity index (χ0n) is 17.2. The third-order valence-electron chi connectivity index (χ3n) is 6.04. The van der Waals surface area contributed by atoms with Crippen molar-refractivity contribution in [3.63, 3.8) is 0 Å². The van der Waals surface area contributed by atoms with Crippen LogP contribution in [0.4, 0.5) is 0 Å². The second kappa shape index (κ2) is 8.35. The van der Waals surface area contributed by atoms with Gasteiger partial charge in [-0.15, -0.1) is 10.2 Å². The first-order valence-corrected chi connectivity index (χ1v) is 10.5. The molecule has 1 fully saturated rings. The fourth-order valence-electron chi connectivity index (χ4n) is 4.49. The van der Waals surface area contributed by atoms with E-state index < -0.39 is 0 Å². The predicted octanol–water partition coefficient (Wildman–Crippen LogP) is 3.12. The lowest BCUT2D eigenvalue weighted by atomic mass is 10.0. The van der Waals surface area contributed by atoms with Crippen LogP contribution in [0.25, 0.3) is 0 Å². The Hall–Kier alpha value is -2.70. The van der Waals surface area contributed by atoms with Gasteiger partial charge in [0.1, 0.15) is 11.6 Å². The second-order valence-corrected chi connectivity index (χ2v) is 7.94. The number of ketones is 1. The van der Waals surface area contributed by atoms with E-state index in [9.17, 15) is 9.59 Å². The van der Waals surface area contributed by atoms with Crippen LogP contribution >= 0.6 is 0 Å². The summed E-state index contributed by atoms with van der Waals surface area (Å²) in [6, 6.07) is 5.25. The third kappa shape index (κ3) is 3.91. The Bertz CT molecular complexity index is 921. The average molecular weight is 396 g/mol. The molecule has 7 nitrogen and oxygen atoms in total. The molecule has 0 saturated carbocycles. The fourth-order valence-corrected chi connectivity index (χ4v) is 4.49. The topological polar surface area (TPSA) is 77.3 Å². The van der Waals surface area contributed by atoms with Gasteiger partial charge in [-0.3, -0.25) is 9.59 Å². The van der Waals surface area contributed by atoms with Crippen LogP contribution in [0.1, 0.15) is 72.6 Å². The minimum Gasteiger partial charge on any atom is -0.496 e. The van der Waals surface area contributed by atoms with E-state index in [2.05, 4.69) is 14.8 Å². The van der Waals surface area contributed by atoms with E-state index in [1.54, 1.807) is 25.3 Å². The van der Waals surface area contributed by atoms with Gasteiger partial charge in [0.15, 0.2) is 11.6 Å². The molecule has 7 heteroatoms. The molecule has 0 aliphatic carbocycles. The van der Waals surface area contributed by atoms with Crippen molar-refractivity contribution in [3.05, 3.63) is 41.0 Å². The quantitative estimate of drug-likeness (QED) is 0.726. The first-order valence-electron chi connectivity index (χ1n) is 10.5. The summed E-state index contributed by atoms with van der Waals surface area (Å²) in [6.07, 6.45) is 6.54. The van der Waals surface area contributed by atoms with E-state index in [0.29, 0.717) is 11.3 Å². The van der Waals surface area contributed by atoms with Gasteiger partial charge in [0.25, 0.3) is 0 Å². The molecule has 3 heterocycles. The highest BCUT2D eigenvalue weighted by Crippen LogP contribution is 2.33. The van der Waals surface area contributed by atoms with Crippen LogP contribution in [0.3, 0.4) is 0 Å². The van der Waals surface area contributed by atoms with E-state index >= 15 is 0 Å². The Morgan fingerprint density at radius 3 is 2.79 bits per heavy atom. The van der Waals surface area contributed by atoms with Crippen molar-refractivity contribution in [1.82, 2.24) is 19.7 Å². The maximum Gasteiger partial charge on any atom is 0.227 e. The Morgan fingerprint density at radius 2 is 2.00 bits per heavy atom. The minimum absolute atomic E-state index is 0.0217. The number of methoxy groups -OCH3 is 1. The molecule has 0 radical (unpaired) electrons. The summed E-state index contributed by atoms with van der Waals surface area (Å²) in [4.78, 5) is 26.9. The van der Waals surface area contributed by atoms with E-state index in [4.69, 9.17) is 4.74 Å². The van der Waals surface area contributed by atoms with Crippen molar-refractivity contribution in [2.24, 2.45) is 0 Å². The van der Waals surface area contributed by atoms with Gasteiger partial charge in [-0.25, -0.2) is 0 Å². The number of nitrogens with zero attached hydrogens (tertiary/aromatic N) is 4. The normalized spacial score (nSPS) is 19.0. The van der Waals surface area contributed by atoms with Crippen molar-refractivity contribution in [2.75, 3.05) is 13.7 Å². The molecule has 1 amide bonds. The summed E-state index contributed by atoms with van der Waals surface area (Å²) in [5.41, 5.74) is 1.34. The average Bonchev–Trinajstić information content (AvgIpc) is 3.28. The van der Waals surface area contributed by atoms with Crippen LogP contribution < -0.4 is 4.74 Å². The lowest BCUT2D eigenvalue weighted by molar-refractivity contribution is -0.131. The first-order chi connectivity index (χ1) is 14.1. The molecule has 29 heavy (non-hydrogen) atoms. The van der Waals surface area contributed by atoms with Crippen LogP contribution in [0, 0.1) is 0 Å². The van der Waals surface area contributed by atoms with Crippen molar-refractivity contribution < 1.29 is 14.3 Å².